The average Bonchev–Trinajstić information content (AvgIpc) is 2.68. The normalized spacial score (nSPS) is 21.6. The first-order chi connectivity index (χ1) is 14.6. The molecule has 2 aliphatic heterocycles. The summed E-state index contributed by atoms with van der Waals surface area (Å²) >= 11 is 0. The standard InChI is InChI=1S/C24H37N3O4/c1-6-17-14-20(9-8-18(7-2)22(28)29)25-21(15-17)16-27-12-10-19(11-13-27)26-23(30)31-24(3,4)5/h7-9,14,17,19H,6,10-13,15-16H2,1-5H3,(H,26,30)(H,28,29)/b9-8-,18-7?. The predicted molar refractivity (Wildman–Crippen MR) is 123 cm³/mol. The van der Waals surface area contributed by atoms with Gasteiger partial charge in [-0.3, -0.25) is 9.89 Å². The zero-order valence-corrected chi connectivity index (χ0v) is 19.5. The van der Waals surface area contributed by atoms with Crippen LogP contribution in [0.3, 0.4) is 0 Å². The third-order valence-electron chi connectivity index (χ3n) is 5.42. The van der Waals surface area contributed by atoms with Crippen molar-refractivity contribution in [3.05, 3.63) is 35.6 Å². The molecule has 0 radical (unpaired) electrons. The van der Waals surface area contributed by atoms with Crippen molar-refractivity contribution >= 4 is 17.8 Å². The van der Waals surface area contributed by atoms with Crippen LogP contribution in [-0.4, -0.2) is 59.1 Å². The second-order valence-corrected chi connectivity index (χ2v) is 9.22. The number of aliphatic carboxylic acids is 1. The van der Waals surface area contributed by atoms with Gasteiger partial charge in [-0.2, -0.15) is 0 Å². The number of rotatable bonds is 7. The molecule has 7 nitrogen and oxygen atoms in total. The molecule has 1 amide bonds. The maximum atomic E-state index is 12.0. The van der Waals surface area contributed by atoms with Crippen LogP contribution in [0.25, 0.3) is 0 Å². The molecule has 0 aromatic carbocycles. The number of amides is 1. The van der Waals surface area contributed by atoms with Crippen molar-refractivity contribution in [2.24, 2.45) is 10.9 Å². The first-order valence-electron chi connectivity index (χ1n) is 11.2. The molecule has 1 unspecified atom stereocenters. The fourth-order valence-corrected chi connectivity index (χ4v) is 3.76. The van der Waals surface area contributed by atoms with E-state index in [0.29, 0.717) is 5.92 Å². The number of carbonyl (C=O) groups excluding carboxylic acids is 1. The molecule has 31 heavy (non-hydrogen) atoms. The van der Waals surface area contributed by atoms with Gasteiger partial charge in [0.1, 0.15) is 5.60 Å². The van der Waals surface area contributed by atoms with Crippen LogP contribution in [0.4, 0.5) is 4.79 Å². The molecule has 172 valence electrons. The Kier molecular flexibility index (Phi) is 9.04. The Morgan fingerprint density at radius 3 is 2.55 bits per heavy atom. The van der Waals surface area contributed by atoms with Crippen LogP contribution in [0, 0.1) is 5.92 Å². The van der Waals surface area contributed by atoms with Gasteiger partial charge < -0.3 is 15.2 Å². The Morgan fingerprint density at radius 2 is 2.00 bits per heavy atom. The second kappa shape index (κ2) is 11.3. The minimum atomic E-state index is -0.936. The number of likely N-dealkylation sites (tertiary alicyclic amines) is 1. The summed E-state index contributed by atoms with van der Waals surface area (Å²) in [5, 5.41) is 12.2. The van der Waals surface area contributed by atoms with E-state index in [-0.39, 0.29) is 17.7 Å². The summed E-state index contributed by atoms with van der Waals surface area (Å²) in [4.78, 5) is 30.3. The summed E-state index contributed by atoms with van der Waals surface area (Å²) in [7, 11) is 0. The number of aliphatic imine (C=N–C) groups is 1. The van der Waals surface area contributed by atoms with Crippen LogP contribution in [-0.2, 0) is 9.53 Å². The van der Waals surface area contributed by atoms with Crippen molar-refractivity contribution in [2.45, 2.75) is 71.9 Å². The molecule has 1 saturated heterocycles. The number of nitrogens with one attached hydrogen (secondary N) is 1. The van der Waals surface area contributed by atoms with Gasteiger partial charge in [-0.15, -0.1) is 0 Å². The molecule has 7 heteroatoms. The molecule has 2 rings (SSSR count). The number of allylic oxidation sites excluding steroid dienone is 3. The van der Waals surface area contributed by atoms with E-state index in [9.17, 15) is 14.7 Å². The quantitative estimate of drug-likeness (QED) is 0.463. The van der Waals surface area contributed by atoms with Gasteiger partial charge in [-0.25, -0.2) is 9.59 Å². The van der Waals surface area contributed by atoms with Gasteiger partial charge in [0, 0.05) is 31.4 Å². The highest BCUT2D eigenvalue weighted by molar-refractivity contribution is 5.90. The van der Waals surface area contributed by atoms with E-state index in [1.165, 1.54) is 0 Å². The monoisotopic (exact) mass is 431 g/mol. The zero-order valence-electron chi connectivity index (χ0n) is 19.5. The van der Waals surface area contributed by atoms with Crippen molar-refractivity contribution in [3.63, 3.8) is 0 Å². The Hall–Kier alpha value is -2.41. The molecule has 0 aromatic heterocycles. The molecular formula is C24H37N3O4. The van der Waals surface area contributed by atoms with Gasteiger partial charge >= 0.3 is 12.1 Å². The Balaban J connectivity index is 1.91. The summed E-state index contributed by atoms with van der Waals surface area (Å²) < 4.78 is 5.35. The summed E-state index contributed by atoms with van der Waals surface area (Å²) in [5.74, 6) is -0.522. The first-order valence-corrected chi connectivity index (χ1v) is 11.2. The van der Waals surface area contributed by atoms with E-state index in [4.69, 9.17) is 9.73 Å². The minimum Gasteiger partial charge on any atom is -0.478 e. The molecule has 0 spiro atoms. The molecule has 0 saturated carbocycles. The third-order valence-corrected chi connectivity index (χ3v) is 5.42. The first kappa shape index (κ1) is 24.9. The molecule has 0 aromatic rings. The van der Waals surface area contributed by atoms with Crippen molar-refractivity contribution in [2.75, 3.05) is 19.6 Å². The van der Waals surface area contributed by atoms with Crippen molar-refractivity contribution < 1.29 is 19.4 Å². The summed E-state index contributed by atoms with van der Waals surface area (Å²) in [5.41, 5.74) is 1.73. The number of hydrogen-bond donors (Lipinski definition) is 2. The van der Waals surface area contributed by atoms with E-state index < -0.39 is 11.6 Å². The maximum absolute atomic E-state index is 12.0. The van der Waals surface area contributed by atoms with E-state index in [1.807, 2.05) is 20.8 Å². The maximum Gasteiger partial charge on any atom is 0.407 e. The molecule has 2 N–H and O–H groups in total. The third kappa shape index (κ3) is 8.69. The van der Waals surface area contributed by atoms with Crippen LogP contribution in [0.5, 0.6) is 0 Å². The van der Waals surface area contributed by atoms with E-state index in [0.717, 1.165) is 56.7 Å². The van der Waals surface area contributed by atoms with Crippen molar-refractivity contribution in [3.8, 4) is 0 Å². The topological polar surface area (TPSA) is 91.2 Å². The number of nitrogens with zero attached hydrogens (tertiary/aromatic N) is 2. The number of carboxylic acids is 1. The van der Waals surface area contributed by atoms with Crippen LogP contribution in [0.2, 0.25) is 0 Å². The van der Waals surface area contributed by atoms with Crippen LogP contribution in [0.15, 0.2) is 40.6 Å². The van der Waals surface area contributed by atoms with Crippen LogP contribution in [0.1, 0.15) is 60.3 Å². The highest BCUT2D eigenvalue weighted by Crippen LogP contribution is 2.23. The number of carbonyl (C=O) groups is 2. The Bertz CT molecular complexity index is 766. The lowest BCUT2D eigenvalue weighted by molar-refractivity contribution is -0.132. The lowest BCUT2D eigenvalue weighted by Crippen LogP contribution is -2.47. The highest BCUT2D eigenvalue weighted by atomic mass is 16.6. The van der Waals surface area contributed by atoms with E-state index >= 15 is 0 Å². The van der Waals surface area contributed by atoms with Gasteiger partial charge in [-0.1, -0.05) is 19.1 Å². The SMILES string of the molecule is CC=C(/C=C\C1=CC(CC)CC(CN2CCC(NC(=O)OC(C)(C)C)CC2)=N1)C(=O)O. The summed E-state index contributed by atoms with van der Waals surface area (Å²) in [6.07, 6.45) is 10.5. The summed E-state index contributed by atoms with van der Waals surface area (Å²) in [6, 6.07) is 0.136. The molecule has 2 heterocycles. The summed E-state index contributed by atoms with van der Waals surface area (Å²) in [6.45, 7) is 12.1. The van der Waals surface area contributed by atoms with Gasteiger partial charge in [0.25, 0.3) is 0 Å². The molecule has 0 aliphatic carbocycles. The minimum absolute atomic E-state index is 0.136. The number of alkyl carbamates (subject to hydrolysis) is 1. The lowest BCUT2D eigenvalue weighted by atomic mass is 9.94. The molecule has 2 aliphatic rings. The van der Waals surface area contributed by atoms with Gasteiger partial charge in [0.2, 0.25) is 0 Å². The van der Waals surface area contributed by atoms with Gasteiger partial charge in [-0.05, 0) is 71.4 Å². The molecule has 1 atom stereocenters. The fourth-order valence-electron chi connectivity index (χ4n) is 3.76. The van der Waals surface area contributed by atoms with E-state index in [1.54, 1.807) is 25.2 Å². The van der Waals surface area contributed by atoms with Crippen LogP contribution < -0.4 is 5.32 Å². The lowest BCUT2D eigenvalue weighted by Gasteiger charge is -2.33. The number of ether oxygens (including phenoxy) is 1. The number of piperidine rings is 1. The van der Waals surface area contributed by atoms with Crippen LogP contribution >= 0.6 is 0 Å². The van der Waals surface area contributed by atoms with Gasteiger partial charge in [0.15, 0.2) is 0 Å². The van der Waals surface area contributed by atoms with E-state index in [2.05, 4.69) is 23.2 Å². The largest absolute Gasteiger partial charge is 0.478 e. The second-order valence-electron chi connectivity index (χ2n) is 9.22. The smallest absolute Gasteiger partial charge is 0.407 e. The predicted octanol–water partition coefficient (Wildman–Crippen LogP) is 4.32. The fraction of sp³-hybridized carbons (Fsp3) is 0.625. The molecule has 0 bridgehead atoms. The number of hydrogen-bond acceptors (Lipinski definition) is 5. The Labute approximate surface area is 185 Å². The average molecular weight is 432 g/mol. The molecular weight excluding hydrogens is 394 g/mol. The van der Waals surface area contributed by atoms with Gasteiger partial charge in [0.05, 0.1) is 11.3 Å². The van der Waals surface area contributed by atoms with Crippen molar-refractivity contribution in [1.29, 1.82) is 0 Å². The zero-order chi connectivity index (χ0) is 23.0. The molecule has 1 fully saturated rings. The highest BCUT2D eigenvalue weighted by Gasteiger charge is 2.25. The Morgan fingerprint density at radius 1 is 1.32 bits per heavy atom. The number of carboxylic acid groups (broad SMARTS) is 1. The van der Waals surface area contributed by atoms with Crippen molar-refractivity contribution in [1.82, 2.24) is 10.2 Å².